The summed E-state index contributed by atoms with van der Waals surface area (Å²) >= 11 is 0. The van der Waals surface area contributed by atoms with Gasteiger partial charge >= 0.3 is 0 Å². The quantitative estimate of drug-likeness (QED) is 0.675. The number of carbonyl (C=O) groups excluding carboxylic acids is 1. The lowest BCUT2D eigenvalue weighted by Gasteiger charge is -2.31. The maximum Gasteiger partial charge on any atom is 0.267 e. The van der Waals surface area contributed by atoms with Crippen molar-refractivity contribution in [2.45, 2.75) is 0 Å². The van der Waals surface area contributed by atoms with Crippen molar-refractivity contribution in [2.24, 2.45) is 0 Å². The molecule has 0 saturated carbocycles. The van der Waals surface area contributed by atoms with Crippen molar-refractivity contribution < 1.29 is 9.18 Å². The van der Waals surface area contributed by atoms with Crippen LogP contribution in [0.15, 0.2) is 36.0 Å². The van der Waals surface area contributed by atoms with E-state index in [2.05, 4.69) is 10.2 Å². The highest BCUT2D eigenvalue weighted by molar-refractivity contribution is 6.06. The van der Waals surface area contributed by atoms with Gasteiger partial charge in [0.2, 0.25) is 0 Å². The van der Waals surface area contributed by atoms with Crippen molar-refractivity contribution in [2.75, 3.05) is 38.5 Å². The van der Waals surface area contributed by atoms with Crippen LogP contribution in [0.3, 0.4) is 0 Å². The molecule has 1 fully saturated rings. The van der Waals surface area contributed by atoms with Gasteiger partial charge in [0.25, 0.3) is 5.91 Å². The van der Waals surface area contributed by atoms with Gasteiger partial charge in [-0.15, -0.1) is 0 Å². The molecule has 1 aliphatic heterocycles. The van der Waals surface area contributed by atoms with Crippen molar-refractivity contribution in [1.29, 1.82) is 5.26 Å². The fraction of sp³-hybridized carbons (Fsp3) is 0.333. The minimum atomic E-state index is -0.483. The summed E-state index contributed by atoms with van der Waals surface area (Å²) in [5.41, 5.74) is 0.504. The number of anilines is 1. The highest BCUT2D eigenvalue weighted by atomic mass is 19.1. The minimum Gasteiger partial charge on any atom is -0.374 e. The van der Waals surface area contributed by atoms with E-state index in [0.29, 0.717) is 5.69 Å². The van der Waals surface area contributed by atoms with Gasteiger partial charge in [-0.25, -0.2) is 4.39 Å². The summed E-state index contributed by atoms with van der Waals surface area (Å²) in [5.74, 6) is -0.857. The molecule has 110 valence electrons. The molecule has 21 heavy (non-hydrogen) atoms. The lowest BCUT2D eigenvalue weighted by atomic mass is 10.2. The molecular formula is C15H17FN4O. The smallest absolute Gasteiger partial charge is 0.267 e. The molecule has 1 aromatic carbocycles. The van der Waals surface area contributed by atoms with Crippen LogP contribution in [0.5, 0.6) is 0 Å². The highest BCUT2D eigenvalue weighted by Crippen LogP contribution is 2.10. The number of amides is 1. The Balaban J connectivity index is 2.01. The number of likely N-dealkylation sites (N-methyl/N-ethyl adjacent to an activating group) is 1. The summed E-state index contributed by atoms with van der Waals surface area (Å²) in [6, 6.07) is 7.34. The number of hydrogen-bond acceptors (Lipinski definition) is 4. The summed E-state index contributed by atoms with van der Waals surface area (Å²) in [5, 5.41) is 11.7. The average molecular weight is 288 g/mol. The first kappa shape index (κ1) is 15.0. The zero-order valence-corrected chi connectivity index (χ0v) is 11.8. The molecule has 0 spiro atoms. The Morgan fingerprint density at radius 3 is 2.48 bits per heavy atom. The lowest BCUT2D eigenvalue weighted by Crippen LogP contribution is -2.42. The van der Waals surface area contributed by atoms with Crippen molar-refractivity contribution in [3.63, 3.8) is 0 Å². The molecule has 1 amide bonds. The zero-order chi connectivity index (χ0) is 15.2. The van der Waals surface area contributed by atoms with Crippen molar-refractivity contribution >= 4 is 11.6 Å². The first-order valence-corrected chi connectivity index (χ1v) is 6.70. The van der Waals surface area contributed by atoms with Crippen LogP contribution in [0.4, 0.5) is 10.1 Å². The molecule has 5 nitrogen and oxygen atoms in total. The van der Waals surface area contributed by atoms with Crippen molar-refractivity contribution in [3.05, 3.63) is 41.9 Å². The third-order valence-electron chi connectivity index (χ3n) is 3.32. The zero-order valence-electron chi connectivity index (χ0n) is 11.8. The number of hydrogen-bond donors (Lipinski definition) is 1. The number of rotatable bonds is 3. The average Bonchev–Trinajstić information content (AvgIpc) is 2.49. The standard InChI is InChI=1S/C15H17FN4O/c1-19-6-8-20(9-7-19)11-12(10-17)15(21)18-14-4-2-13(16)3-5-14/h2-5,11H,6-9H2,1H3,(H,18,21)/b12-11+. The van der Waals surface area contributed by atoms with Crippen LogP contribution in [0.2, 0.25) is 0 Å². The molecule has 0 bridgehead atoms. The molecular weight excluding hydrogens is 271 g/mol. The van der Waals surface area contributed by atoms with E-state index >= 15 is 0 Å². The molecule has 1 saturated heterocycles. The van der Waals surface area contributed by atoms with Crippen LogP contribution in [-0.2, 0) is 4.79 Å². The number of carbonyl (C=O) groups is 1. The molecule has 0 aliphatic carbocycles. The van der Waals surface area contributed by atoms with Gasteiger partial charge in [0.15, 0.2) is 0 Å². The SMILES string of the molecule is CN1CCN(/C=C(\C#N)C(=O)Nc2ccc(F)cc2)CC1. The molecule has 1 aromatic rings. The van der Waals surface area contributed by atoms with E-state index in [-0.39, 0.29) is 11.4 Å². The van der Waals surface area contributed by atoms with Crippen LogP contribution in [0.1, 0.15) is 0 Å². The van der Waals surface area contributed by atoms with E-state index < -0.39 is 5.91 Å². The third kappa shape index (κ3) is 4.29. The number of nitriles is 1. The largest absolute Gasteiger partial charge is 0.374 e. The molecule has 0 aromatic heterocycles. The Kier molecular flexibility index (Phi) is 4.90. The van der Waals surface area contributed by atoms with Crippen LogP contribution in [-0.4, -0.2) is 48.9 Å². The molecule has 0 radical (unpaired) electrons. The van der Waals surface area contributed by atoms with E-state index in [1.165, 1.54) is 24.3 Å². The van der Waals surface area contributed by atoms with Gasteiger partial charge in [-0.05, 0) is 31.3 Å². The van der Waals surface area contributed by atoms with E-state index in [1.807, 2.05) is 18.0 Å². The Morgan fingerprint density at radius 2 is 1.90 bits per heavy atom. The summed E-state index contributed by atoms with van der Waals surface area (Å²) in [4.78, 5) is 16.2. The van der Waals surface area contributed by atoms with Crippen molar-refractivity contribution in [3.8, 4) is 6.07 Å². The Morgan fingerprint density at radius 1 is 1.29 bits per heavy atom. The predicted molar refractivity (Wildman–Crippen MR) is 77.8 cm³/mol. The second-order valence-corrected chi connectivity index (χ2v) is 4.95. The second-order valence-electron chi connectivity index (χ2n) is 4.95. The van der Waals surface area contributed by atoms with Crippen LogP contribution < -0.4 is 5.32 Å². The minimum absolute atomic E-state index is 0.0453. The molecule has 6 heteroatoms. The van der Waals surface area contributed by atoms with E-state index in [0.717, 1.165) is 26.2 Å². The number of halogens is 1. The summed E-state index contributed by atoms with van der Waals surface area (Å²) in [7, 11) is 2.04. The van der Waals surface area contributed by atoms with Gasteiger partial charge in [-0.3, -0.25) is 4.79 Å². The molecule has 1 N–H and O–H groups in total. The monoisotopic (exact) mass is 288 g/mol. The first-order valence-electron chi connectivity index (χ1n) is 6.70. The van der Waals surface area contributed by atoms with Crippen LogP contribution >= 0.6 is 0 Å². The Labute approximate surface area is 123 Å². The number of piperazine rings is 1. The number of benzene rings is 1. The van der Waals surface area contributed by atoms with Gasteiger partial charge in [0, 0.05) is 38.1 Å². The van der Waals surface area contributed by atoms with Crippen LogP contribution in [0.25, 0.3) is 0 Å². The Bertz CT molecular complexity index is 568. The van der Waals surface area contributed by atoms with E-state index in [1.54, 1.807) is 6.20 Å². The fourth-order valence-corrected chi connectivity index (χ4v) is 2.00. The van der Waals surface area contributed by atoms with Gasteiger partial charge in [0.1, 0.15) is 17.5 Å². The first-order chi connectivity index (χ1) is 10.1. The molecule has 1 aliphatic rings. The predicted octanol–water partition coefficient (Wildman–Crippen LogP) is 1.42. The molecule has 0 atom stereocenters. The maximum absolute atomic E-state index is 12.8. The van der Waals surface area contributed by atoms with Gasteiger partial charge < -0.3 is 15.1 Å². The number of nitrogens with zero attached hydrogens (tertiary/aromatic N) is 3. The molecule has 1 heterocycles. The van der Waals surface area contributed by atoms with Crippen LogP contribution in [0, 0.1) is 17.1 Å². The lowest BCUT2D eigenvalue weighted by molar-refractivity contribution is -0.112. The van der Waals surface area contributed by atoms with E-state index in [9.17, 15) is 9.18 Å². The Hall–Kier alpha value is -2.39. The highest BCUT2D eigenvalue weighted by Gasteiger charge is 2.15. The summed E-state index contributed by atoms with van der Waals surface area (Å²) in [6.07, 6.45) is 1.59. The summed E-state index contributed by atoms with van der Waals surface area (Å²) < 4.78 is 12.8. The van der Waals surface area contributed by atoms with Crippen molar-refractivity contribution in [1.82, 2.24) is 9.80 Å². The maximum atomic E-state index is 12.8. The van der Waals surface area contributed by atoms with Gasteiger partial charge in [-0.1, -0.05) is 0 Å². The molecule has 0 unspecified atom stereocenters. The van der Waals surface area contributed by atoms with E-state index in [4.69, 9.17) is 5.26 Å². The summed E-state index contributed by atoms with van der Waals surface area (Å²) in [6.45, 7) is 3.36. The normalized spacial score (nSPS) is 16.4. The fourth-order valence-electron chi connectivity index (χ4n) is 2.00. The third-order valence-corrected chi connectivity index (χ3v) is 3.32. The second kappa shape index (κ2) is 6.86. The molecule has 2 rings (SSSR count). The topological polar surface area (TPSA) is 59.4 Å². The van der Waals surface area contributed by atoms with Gasteiger partial charge in [-0.2, -0.15) is 5.26 Å². The van der Waals surface area contributed by atoms with Gasteiger partial charge in [0.05, 0.1) is 0 Å². The number of nitrogens with one attached hydrogen (secondary N) is 1.